The molecule has 1 aromatic carbocycles. The van der Waals surface area contributed by atoms with Gasteiger partial charge in [-0.25, -0.2) is 4.98 Å². The molecular formula is C22H30N4O. The third kappa shape index (κ3) is 4.85. The molecule has 27 heavy (non-hydrogen) atoms. The molecular weight excluding hydrogens is 336 g/mol. The van der Waals surface area contributed by atoms with E-state index < -0.39 is 0 Å². The molecule has 1 amide bonds. The highest BCUT2D eigenvalue weighted by molar-refractivity contribution is 5.79. The molecule has 5 heteroatoms. The third-order valence-electron chi connectivity index (χ3n) is 5.37. The van der Waals surface area contributed by atoms with Gasteiger partial charge >= 0.3 is 0 Å². The zero-order valence-electron chi connectivity index (χ0n) is 16.8. The van der Waals surface area contributed by atoms with Crippen molar-refractivity contribution in [2.24, 2.45) is 5.92 Å². The molecule has 144 valence electrons. The molecule has 3 rings (SSSR count). The molecule has 1 aliphatic heterocycles. The molecule has 1 aliphatic rings. The number of nitrogens with zero attached hydrogens (tertiary/aromatic N) is 3. The Bertz CT molecular complexity index is 744. The molecule has 1 aromatic heterocycles. The second-order valence-electron chi connectivity index (χ2n) is 8.43. The largest absolute Gasteiger partial charge is 0.355 e. The second kappa shape index (κ2) is 8.07. The van der Waals surface area contributed by atoms with Gasteiger partial charge in [0.05, 0.1) is 12.2 Å². The van der Waals surface area contributed by atoms with E-state index in [4.69, 9.17) is 0 Å². The number of rotatable bonds is 4. The number of carbonyl (C=O) groups excluding carboxylic acids is 1. The van der Waals surface area contributed by atoms with Crippen LogP contribution in [0.25, 0.3) is 0 Å². The van der Waals surface area contributed by atoms with E-state index in [1.54, 1.807) is 18.6 Å². The molecule has 2 aromatic rings. The molecule has 5 nitrogen and oxygen atoms in total. The van der Waals surface area contributed by atoms with Gasteiger partial charge < -0.3 is 10.2 Å². The van der Waals surface area contributed by atoms with Gasteiger partial charge in [-0.1, -0.05) is 45.0 Å². The van der Waals surface area contributed by atoms with E-state index in [9.17, 15) is 4.79 Å². The first-order chi connectivity index (χ1) is 12.8. The molecule has 1 atom stereocenters. The van der Waals surface area contributed by atoms with Crippen molar-refractivity contribution in [3.8, 4) is 0 Å². The molecule has 1 saturated heterocycles. The van der Waals surface area contributed by atoms with Crippen LogP contribution in [0.3, 0.4) is 0 Å². The van der Waals surface area contributed by atoms with Crippen molar-refractivity contribution in [1.82, 2.24) is 15.3 Å². The van der Waals surface area contributed by atoms with Crippen LogP contribution in [0.1, 0.15) is 57.7 Å². The topological polar surface area (TPSA) is 58.1 Å². The standard InChI is InChI=1S/C22H30N4O/c1-16(17-5-7-19(8-6-17)22(2,3)4)25-21(27)18-9-13-26(14-10-18)20-15-23-11-12-24-20/h5-8,11-12,15-16,18H,9-10,13-14H2,1-4H3,(H,25,27). The first-order valence-corrected chi connectivity index (χ1v) is 9.76. The van der Waals surface area contributed by atoms with Crippen LogP contribution in [0.4, 0.5) is 5.82 Å². The van der Waals surface area contributed by atoms with Gasteiger partial charge in [-0.05, 0) is 36.3 Å². The summed E-state index contributed by atoms with van der Waals surface area (Å²) in [5, 5.41) is 3.19. The highest BCUT2D eigenvalue weighted by atomic mass is 16.1. The number of aromatic nitrogens is 2. The lowest BCUT2D eigenvalue weighted by atomic mass is 9.86. The van der Waals surface area contributed by atoms with Crippen molar-refractivity contribution < 1.29 is 4.79 Å². The van der Waals surface area contributed by atoms with E-state index in [0.717, 1.165) is 37.3 Å². The molecule has 1 unspecified atom stereocenters. The van der Waals surface area contributed by atoms with Crippen molar-refractivity contribution >= 4 is 11.7 Å². The van der Waals surface area contributed by atoms with Crippen molar-refractivity contribution in [2.75, 3.05) is 18.0 Å². The fourth-order valence-corrected chi connectivity index (χ4v) is 3.51. The van der Waals surface area contributed by atoms with E-state index in [2.05, 4.69) is 72.1 Å². The molecule has 0 radical (unpaired) electrons. The number of amides is 1. The van der Waals surface area contributed by atoms with Gasteiger partial charge in [0.15, 0.2) is 0 Å². The lowest BCUT2D eigenvalue weighted by molar-refractivity contribution is -0.126. The van der Waals surface area contributed by atoms with Gasteiger partial charge in [0.1, 0.15) is 5.82 Å². The van der Waals surface area contributed by atoms with Crippen molar-refractivity contribution in [3.63, 3.8) is 0 Å². The summed E-state index contributed by atoms with van der Waals surface area (Å²) in [7, 11) is 0. The van der Waals surface area contributed by atoms with Crippen LogP contribution in [0.5, 0.6) is 0 Å². The maximum absolute atomic E-state index is 12.7. The minimum Gasteiger partial charge on any atom is -0.355 e. The van der Waals surface area contributed by atoms with Gasteiger partial charge in [-0.3, -0.25) is 9.78 Å². The summed E-state index contributed by atoms with van der Waals surface area (Å²) in [6.45, 7) is 10.4. The summed E-state index contributed by atoms with van der Waals surface area (Å²) in [4.78, 5) is 23.4. The summed E-state index contributed by atoms with van der Waals surface area (Å²) in [6.07, 6.45) is 6.86. The molecule has 1 N–H and O–H groups in total. The smallest absolute Gasteiger partial charge is 0.223 e. The highest BCUT2D eigenvalue weighted by Crippen LogP contribution is 2.25. The summed E-state index contributed by atoms with van der Waals surface area (Å²) in [6, 6.07) is 8.60. The maximum Gasteiger partial charge on any atom is 0.223 e. The van der Waals surface area contributed by atoms with E-state index in [1.807, 2.05) is 0 Å². The SMILES string of the molecule is CC(NC(=O)C1CCN(c2cnccn2)CC1)c1ccc(C(C)(C)C)cc1. The third-order valence-corrected chi connectivity index (χ3v) is 5.37. The quantitative estimate of drug-likeness (QED) is 0.892. The van der Waals surface area contributed by atoms with Crippen molar-refractivity contribution in [1.29, 1.82) is 0 Å². The van der Waals surface area contributed by atoms with Crippen molar-refractivity contribution in [3.05, 3.63) is 54.0 Å². The van der Waals surface area contributed by atoms with Crippen molar-refractivity contribution in [2.45, 2.75) is 52.0 Å². The van der Waals surface area contributed by atoms with Gasteiger partial charge in [-0.2, -0.15) is 0 Å². The molecule has 0 aliphatic carbocycles. The van der Waals surface area contributed by atoms with E-state index in [1.165, 1.54) is 5.56 Å². The van der Waals surface area contributed by atoms with Gasteiger partial charge in [0.2, 0.25) is 5.91 Å². The highest BCUT2D eigenvalue weighted by Gasteiger charge is 2.26. The summed E-state index contributed by atoms with van der Waals surface area (Å²) >= 11 is 0. The maximum atomic E-state index is 12.7. The number of anilines is 1. The van der Waals surface area contributed by atoms with E-state index in [0.29, 0.717) is 0 Å². The normalized spacial score (nSPS) is 16.8. The number of hydrogen-bond donors (Lipinski definition) is 1. The van der Waals surface area contributed by atoms with Gasteiger partial charge in [0.25, 0.3) is 0 Å². The Morgan fingerprint density at radius 2 is 1.81 bits per heavy atom. The Morgan fingerprint density at radius 3 is 2.37 bits per heavy atom. The Hall–Kier alpha value is -2.43. The fourth-order valence-electron chi connectivity index (χ4n) is 3.51. The monoisotopic (exact) mass is 366 g/mol. The van der Waals surface area contributed by atoms with Crippen LogP contribution in [0.2, 0.25) is 0 Å². The Balaban J connectivity index is 1.53. The van der Waals surface area contributed by atoms with Crippen LogP contribution in [0.15, 0.2) is 42.9 Å². The minimum atomic E-state index is 0.0181. The summed E-state index contributed by atoms with van der Waals surface area (Å²) in [5.41, 5.74) is 2.59. The van der Waals surface area contributed by atoms with Gasteiger partial charge in [0, 0.05) is 31.4 Å². The Morgan fingerprint density at radius 1 is 1.15 bits per heavy atom. The van der Waals surface area contributed by atoms with Crippen LogP contribution in [-0.2, 0) is 10.2 Å². The van der Waals surface area contributed by atoms with Crippen LogP contribution < -0.4 is 10.2 Å². The number of benzene rings is 1. The van der Waals surface area contributed by atoms with E-state index >= 15 is 0 Å². The number of carbonyl (C=O) groups is 1. The predicted molar refractivity (Wildman–Crippen MR) is 109 cm³/mol. The molecule has 0 spiro atoms. The Kier molecular flexibility index (Phi) is 5.78. The molecule has 0 saturated carbocycles. The number of hydrogen-bond acceptors (Lipinski definition) is 4. The number of nitrogens with one attached hydrogen (secondary N) is 1. The first-order valence-electron chi connectivity index (χ1n) is 9.76. The van der Waals surface area contributed by atoms with Crippen LogP contribution >= 0.6 is 0 Å². The number of piperidine rings is 1. The Labute approximate surface area is 162 Å². The zero-order valence-corrected chi connectivity index (χ0v) is 16.8. The lowest BCUT2D eigenvalue weighted by Crippen LogP contribution is -2.41. The van der Waals surface area contributed by atoms with Crippen LogP contribution in [0, 0.1) is 5.92 Å². The fraction of sp³-hybridized carbons (Fsp3) is 0.500. The summed E-state index contributed by atoms with van der Waals surface area (Å²) < 4.78 is 0. The molecule has 0 bridgehead atoms. The zero-order chi connectivity index (χ0) is 19.4. The van der Waals surface area contributed by atoms with E-state index in [-0.39, 0.29) is 23.3 Å². The molecule has 1 fully saturated rings. The second-order valence-corrected chi connectivity index (χ2v) is 8.43. The average Bonchev–Trinajstić information content (AvgIpc) is 2.68. The average molecular weight is 367 g/mol. The van der Waals surface area contributed by atoms with Crippen LogP contribution in [-0.4, -0.2) is 29.0 Å². The lowest BCUT2D eigenvalue weighted by Gasteiger charge is -2.32. The predicted octanol–water partition coefficient (Wildman–Crippen LogP) is 3.87. The van der Waals surface area contributed by atoms with Gasteiger partial charge in [-0.15, -0.1) is 0 Å². The minimum absolute atomic E-state index is 0.0181. The molecule has 2 heterocycles. The first kappa shape index (κ1) is 19.3. The summed E-state index contributed by atoms with van der Waals surface area (Å²) in [5.74, 6) is 1.11.